The first kappa shape index (κ1) is 22.7. The highest BCUT2D eigenvalue weighted by Crippen LogP contribution is 2.35. The molecule has 170 valence electrons. The number of hydrogen-bond acceptors (Lipinski definition) is 4. The van der Waals surface area contributed by atoms with E-state index < -0.39 is 5.92 Å². The Morgan fingerprint density at radius 1 is 1.06 bits per heavy atom. The summed E-state index contributed by atoms with van der Waals surface area (Å²) < 4.78 is 11.3. The zero-order valence-corrected chi connectivity index (χ0v) is 19.5. The Balaban J connectivity index is 1.41. The number of anilines is 2. The van der Waals surface area contributed by atoms with Crippen molar-refractivity contribution < 1.29 is 19.1 Å². The fourth-order valence-electron chi connectivity index (χ4n) is 3.80. The van der Waals surface area contributed by atoms with Gasteiger partial charge in [0.2, 0.25) is 11.8 Å². The number of carbonyl (C=O) groups is 2. The Kier molecular flexibility index (Phi) is 6.56. The molecule has 1 heterocycles. The maximum atomic E-state index is 12.8. The predicted octanol–water partition coefficient (Wildman–Crippen LogP) is 5.75. The predicted molar refractivity (Wildman–Crippen MR) is 130 cm³/mol. The monoisotopic (exact) mass is 464 g/mol. The lowest BCUT2D eigenvalue weighted by Gasteiger charge is -2.20. The first-order valence-electron chi connectivity index (χ1n) is 10.6. The van der Waals surface area contributed by atoms with Crippen LogP contribution in [0.5, 0.6) is 17.2 Å². The van der Waals surface area contributed by atoms with Crippen LogP contribution in [0.1, 0.15) is 17.5 Å². The molecule has 2 amide bonds. The Hall–Kier alpha value is -3.51. The maximum absolute atomic E-state index is 12.8. The minimum atomic E-state index is -0.480. The van der Waals surface area contributed by atoms with Gasteiger partial charge >= 0.3 is 0 Å². The van der Waals surface area contributed by atoms with Gasteiger partial charge in [-0.05, 0) is 73.5 Å². The van der Waals surface area contributed by atoms with E-state index in [-0.39, 0.29) is 24.8 Å². The molecule has 0 radical (unpaired) electrons. The van der Waals surface area contributed by atoms with Crippen molar-refractivity contribution in [3.05, 3.63) is 76.8 Å². The quantitative estimate of drug-likeness (QED) is 0.504. The van der Waals surface area contributed by atoms with Crippen LogP contribution in [-0.2, 0) is 9.59 Å². The summed E-state index contributed by atoms with van der Waals surface area (Å²) in [5.41, 5.74) is 3.45. The van der Waals surface area contributed by atoms with E-state index in [0.29, 0.717) is 27.9 Å². The average molecular weight is 465 g/mol. The second-order valence-electron chi connectivity index (χ2n) is 8.04. The van der Waals surface area contributed by atoms with E-state index in [1.54, 1.807) is 47.4 Å². The zero-order chi connectivity index (χ0) is 23.5. The molecular formula is C26H25ClN2O4. The van der Waals surface area contributed by atoms with Crippen molar-refractivity contribution >= 4 is 34.8 Å². The Morgan fingerprint density at radius 3 is 2.55 bits per heavy atom. The molecule has 4 rings (SSSR count). The number of ether oxygens (including phenoxy) is 2. The second-order valence-corrected chi connectivity index (χ2v) is 8.47. The largest absolute Gasteiger partial charge is 0.495 e. The molecule has 1 aliphatic heterocycles. The molecule has 0 unspecified atom stereocenters. The number of halogens is 1. The Morgan fingerprint density at radius 2 is 1.82 bits per heavy atom. The van der Waals surface area contributed by atoms with Crippen LogP contribution < -0.4 is 19.7 Å². The van der Waals surface area contributed by atoms with Gasteiger partial charge in [-0.25, -0.2) is 0 Å². The third-order valence-corrected chi connectivity index (χ3v) is 6.07. The smallest absolute Gasteiger partial charge is 0.229 e. The molecular weight excluding hydrogens is 440 g/mol. The second kappa shape index (κ2) is 9.55. The van der Waals surface area contributed by atoms with Gasteiger partial charge < -0.3 is 19.7 Å². The van der Waals surface area contributed by atoms with Crippen LogP contribution >= 0.6 is 11.6 Å². The fourth-order valence-corrected chi connectivity index (χ4v) is 3.97. The third kappa shape index (κ3) is 4.96. The topological polar surface area (TPSA) is 67.9 Å². The van der Waals surface area contributed by atoms with Crippen molar-refractivity contribution in [1.29, 1.82) is 0 Å². The summed E-state index contributed by atoms with van der Waals surface area (Å²) in [6.07, 6.45) is 0.120. The Bertz CT molecular complexity index is 1190. The number of methoxy groups -OCH3 is 1. The molecule has 1 atom stereocenters. The number of benzene rings is 3. The number of nitrogens with one attached hydrogen (secondary N) is 1. The summed E-state index contributed by atoms with van der Waals surface area (Å²) in [5, 5.41) is 3.39. The van der Waals surface area contributed by atoms with E-state index >= 15 is 0 Å². The number of aryl methyl sites for hydroxylation is 1. The van der Waals surface area contributed by atoms with Crippen LogP contribution in [0.4, 0.5) is 11.4 Å². The van der Waals surface area contributed by atoms with Gasteiger partial charge in [0.05, 0.1) is 18.7 Å². The fraction of sp³-hybridized carbons (Fsp3) is 0.231. The normalized spacial score (nSPS) is 15.5. The average Bonchev–Trinajstić information content (AvgIpc) is 3.20. The number of carbonyl (C=O) groups excluding carboxylic acids is 2. The minimum Gasteiger partial charge on any atom is -0.495 e. The van der Waals surface area contributed by atoms with Crippen LogP contribution in [0.3, 0.4) is 0 Å². The molecule has 6 nitrogen and oxygen atoms in total. The molecule has 0 aromatic heterocycles. The van der Waals surface area contributed by atoms with Crippen molar-refractivity contribution in [1.82, 2.24) is 0 Å². The highest BCUT2D eigenvalue weighted by molar-refractivity contribution is 6.31. The number of rotatable bonds is 6. The summed E-state index contributed by atoms with van der Waals surface area (Å²) >= 11 is 6.10. The molecule has 7 heteroatoms. The molecule has 0 bridgehead atoms. The summed E-state index contributed by atoms with van der Waals surface area (Å²) in [5.74, 6) is 1.17. The molecule has 1 aliphatic rings. The molecule has 1 fully saturated rings. The van der Waals surface area contributed by atoms with E-state index in [9.17, 15) is 9.59 Å². The van der Waals surface area contributed by atoms with Crippen LogP contribution in [0, 0.1) is 19.8 Å². The summed E-state index contributed by atoms with van der Waals surface area (Å²) in [6, 6.07) is 18.2. The number of nitrogens with zero attached hydrogens (tertiary/aromatic N) is 1. The van der Waals surface area contributed by atoms with E-state index in [1.807, 2.05) is 32.0 Å². The minimum absolute atomic E-state index is 0.120. The van der Waals surface area contributed by atoms with Crippen LogP contribution in [0.15, 0.2) is 60.7 Å². The van der Waals surface area contributed by atoms with Gasteiger partial charge in [0.25, 0.3) is 0 Å². The van der Waals surface area contributed by atoms with Crippen molar-refractivity contribution in [3.8, 4) is 17.2 Å². The SMILES string of the molecule is COc1ccc(Cl)cc1N1C[C@@H](C(=O)Nc2ccc(Oc3cccc(C)c3C)cc2)CC1=O. The number of amides is 2. The van der Waals surface area contributed by atoms with E-state index in [1.165, 1.54) is 7.11 Å². The molecule has 1 N–H and O–H groups in total. The van der Waals surface area contributed by atoms with Crippen LogP contribution in [0.2, 0.25) is 5.02 Å². The molecule has 0 aliphatic carbocycles. The van der Waals surface area contributed by atoms with Gasteiger partial charge in [-0.3, -0.25) is 9.59 Å². The summed E-state index contributed by atoms with van der Waals surface area (Å²) in [7, 11) is 1.53. The van der Waals surface area contributed by atoms with E-state index in [2.05, 4.69) is 5.32 Å². The summed E-state index contributed by atoms with van der Waals surface area (Å²) in [4.78, 5) is 27.0. The van der Waals surface area contributed by atoms with Crippen LogP contribution in [0.25, 0.3) is 0 Å². The molecule has 0 spiro atoms. The Labute approximate surface area is 198 Å². The lowest BCUT2D eigenvalue weighted by molar-refractivity contribution is -0.122. The van der Waals surface area contributed by atoms with Crippen LogP contribution in [-0.4, -0.2) is 25.5 Å². The van der Waals surface area contributed by atoms with E-state index in [0.717, 1.165) is 16.9 Å². The highest BCUT2D eigenvalue weighted by Gasteiger charge is 2.36. The van der Waals surface area contributed by atoms with Crippen molar-refractivity contribution in [2.75, 3.05) is 23.9 Å². The molecule has 0 saturated carbocycles. The third-order valence-electron chi connectivity index (χ3n) is 5.83. The van der Waals surface area contributed by atoms with Gasteiger partial charge in [0, 0.05) is 23.7 Å². The van der Waals surface area contributed by atoms with Crippen molar-refractivity contribution in [2.45, 2.75) is 20.3 Å². The first-order chi connectivity index (χ1) is 15.9. The molecule has 3 aromatic rings. The van der Waals surface area contributed by atoms with E-state index in [4.69, 9.17) is 21.1 Å². The zero-order valence-electron chi connectivity index (χ0n) is 18.7. The van der Waals surface area contributed by atoms with Crippen molar-refractivity contribution in [3.63, 3.8) is 0 Å². The standard InChI is InChI=1S/C26H25ClN2O4/c1-16-5-4-6-23(17(16)2)33-21-10-8-20(9-11-21)28-26(31)18-13-25(30)29(15-18)22-14-19(27)7-12-24(22)32-3/h4-12,14,18H,13,15H2,1-3H3,(H,28,31)/t18-/m0/s1. The number of hydrogen-bond donors (Lipinski definition) is 1. The molecule has 33 heavy (non-hydrogen) atoms. The highest BCUT2D eigenvalue weighted by atomic mass is 35.5. The lowest BCUT2D eigenvalue weighted by atomic mass is 10.1. The van der Waals surface area contributed by atoms with Gasteiger partial charge in [-0.1, -0.05) is 23.7 Å². The maximum Gasteiger partial charge on any atom is 0.229 e. The lowest BCUT2D eigenvalue weighted by Crippen LogP contribution is -2.28. The van der Waals surface area contributed by atoms with Gasteiger partial charge in [0.15, 0.2) is 0 Å². The van der Waals surface area contributed by atoms with Gasteiger partial charge in [-0.15, -0.1) is 0 Å². The summed E-state index contributed by atoms with van der Waals surface area (Å²) in [6.45, 7) is 4.32. The molecule has 3 aromatic carbocycles. The van der Waals surface area contributed by atoms with Gasteiger partial charge in [-0.2, -0.15) is 0 Å². The first-order valence-corrected chi connectivity index (χ1v) is 11.0. The van der Waals surface area contributed by atoms with Gasteiger partial charge in [0.1, 0.15) is 17.2 Å². The molecule has 1 saturated heterocycles. The van der Waals surface area contributed by atoms with Crippen molar-refractivity contribution in [2.24, 2.45) is 5.92 Å².